The van der Waals surface area contributed by atoms with Crippen LogP contribution in [0, 0.1) is 18.3 Å². The van der Waals surface area contributed by atoms with Gasteiger partial charge in [0.25, 0.3) is 0 Å². The number of hydrogen-bond acceptors (Lipinski definition) is 4. The lowest BCUT2D eigenvalue weighted by molar-refractivity contribution is 0.230. The molecule has 0 amide bonds. The quantitative estimate of drug-likeness (QED) is 0.874. The molecule has 4 heteroatoms. The molecule has 0 aromatic carbocycles. The molecule has 1 aromatic rings. The number of nitrogens with zero attached hydrogens (tertiary/aromatic N) is 2. The first-order valence-corrected chi connectivity index (χ1v) is 7.04. The van der Waals surface area contributed by atoms with Crippen molar-refractivity contribution in [1.82, 2.24) is 9.88 Å². The molecule has 1 atom stereocenters. The van der Waals surface area contributed by atoms with E-state index in [-0.39, 0.29) is 5.41 Å². The number of aryl methyl sites for hydroxylation is 1. The molecule has 4 nitrogen and oxygen atoms in total. The summed E-state index contributed by atoms with van der Waals surface area (Å²) in [7, 11) is 2.20. The number of pyridine rings is 1. The molecule has 2 heterocycles. The molecule has 0 bridgehead atoms. The van der Waals surface area contributed by atoms with Gasteiger partial charge in [-0.1, -0.05) is 13.8 Å². The van der Waals surface area contributed by atoms with Gasteiger partial charge in [0.1, 0.15) is 5.82 Å². The van der Waals surface area contributed by atoms with E-state index in [0.717, 1.165) is 29.7 Å². The number of nitrogen functional groups attached to an aromatic ring is 1. The van der Waals surface area contributed by atoms with Gasteiger partial charge in [0, 0.05) is 13.1 Å². The zero-order chi connectivity index (χ0) is 14.0. The van der Waals surface area contributed by atoms with Gasteiger partial charge in [0.05, 0.1) is 11.4 Å². The second kappa shape index (κ2) is 5.37. The standard InChI is InChI=1S/C15H26N4/c1-11-13(16)5-6-14(18-11)17-10-15(2,3)12-7-8-19(4)9-12/h5-6,12H,7-10,16H2,1-4H3,(H,17,18). The minimum absolute atomic E-state index is 0.279. The Labute approximate surface area is 116 Å². The highest BCUT2D eigenvalue weighted by Crippen LogP contribution is 2.33. The van der Waals surface area contributed by atoms with Crippen molar-refractivity contribution in [3.05, 3.63) is 17.8 Å². The first-order chi connectivity index (χ1) is 8.88. The largest absolute Gasteiger partial charge is 0.397 e. The van der Waals surface area contributed by atoms with E-state index in [1.807, 2.05) is 19.1 Å². The first kappa shape index (κ1) is 14.1. The lowest BCUT2D eigenvalue weighted by Crippen LogP contribution is -2.33. The highest BCUT2D eigenvalue weighted by atomic mass is 15.1. The van der Waals surface area contributed by atoms with E-state index in [1.54, 1.807) is 0 Å². The zero-order valence-electron chi connectivity index (χ0n) is 12.5. The lowest BCUT2D eigenvalue weighted by atomic mass is 9.78. The summed E-state index contributed by atoms with van der Waals surface area (Å²) in [5, 5.41) is 3.46. The van der Waals surface area contributed by atoms with Crippen LogP contribution >= 0.6 is 0 Å². The fraction of sp³-hybridized carbons (Fsp3) is 0.667. The topological polar surface area (TPSA) is 54.2 Å². The predicted octanol–water partition coefficient (Wildman–Crippen LogP) is 2.36. The molecule has 3 N–H and O–H groups in total. The van der Waals surface area contributed by atoms with E-state index in [2.05, 4.69) is 36.1 Å². The number of anilines is 2. The van der Waals surface area contributed by atoms with Crippen molar-refractivity contribution in [3.8, 4) is 0 Å². The maximum absolute atomic E-state index is 5.79. The van der Waals surface area contributed by atoms with Crippen molar-refractivity contribution in [2.24, 2.45) is 11.3 Å². The summed E-state index contributed by atoms with van der Waals surface area (Å²) in [6, 6.07) is 3.88. The van der Waals surface area contributed by atoms with Gasteiger partial charge in [-0.3, -0.25) is 0 Å². The van der Waals surface area contributed by atoms with Gasteiger partial charge in [0.2, 0.25) is 0 Å². The van der Waals surface area contributed by atoms with Crippen LogP contribution in [0.15, 0.2) is 12.1 Å². The van der Waals surface area contributed by atoms with Crippen LogP contribution in [0.2, 0.25) is 0 Å². The third-order valence-corrected chi connectivity index (χ3v) is 4.35. The van der Waals surface area contributed by atoms with E-state index < -0.39 is 0 Å². The second-order valence-electron chi connectivity index (χ2n) is 6.46. The Balaban J connectivity index is 1.95. The van der Waals surface area contributed by atoms with Crippen molar-refractivity contribution < 1.29 is 0 Å². The van der Waals surface area contributed by atoms with Crippen LogP contribution in [0.3, 0.4) is 0 Å². The van der Waals surface area contributed by atoms with Gasteiger partial charge in [-0.25, -0.2) is 4.98 Å². The molecule has 19 heavy (non-hydrogen) atoms. The normalized spacial score (nSPS) is 20.7. The fourth-order valence-corrected chi connectivity index (χ4v) is 2.71. The van der Waals surface area contributed by atoms with E-state index >= 15 is 0 Å². The SMILES string of the molecule is Cc1nc(NCC(C)(C)C2CCN(C)C2)ccc1N. The van der Waals surface area contributed by atoms with Gasteiger partial charge < -0.3 is 16.0 Å². The average Bonchev–Trinajstić information content (AvgIpc) is 2.78. The lowest BCUT2D eigenvalue weighted by Gasteiger charge is -2.32. The van der Waals surface area contributed by atoms with Crippen molar-refractivity contribution >= 4 is 11.5 Å². The Morgan fingerprint density at radius 2 is 2.21 bits per heavy atom. The highest BCUT2D eigenvalue weighted by Gasteiger charge is 2.33. The van der Waals surface area contributed by atoms with Gasteiger partial charge in [-0.2, -0.15) is 0 Å². The monoisotopic (exact) mass is 262 g/mol. The minimum atomic E-state index is 0.279. The van der Waals surface area contributed by atoms with Crippen molar-refractivity contribution in [1.29, 1.82) is 0 Å². The Morgan fingerprint density at radius 3 is 2.79 bits per heavy atom. The van der Waals surface area contributed by atoms with E-state index in [0.29, 0.717) is 0 Å². The molecular formula is C15H26N4. The van der Waals surface area contributed by atoms with E-state index in [4.69, 9.17) is 5.73 Å². The Hall–Kier alpha value is -1.29. The van der Waals surface area contributed by atoms with Gasteiger partial charge in [-0.05, 0) is 50.4 Å². The minimum Gasteiger partial charge on any atom is -0.397 e. The van der Waals surface area contributed by atoms with Crippen LogP contribution in [-0.4, -0.2) is 36.6 Å². The molecule has 2 rings (SSSR count). The smallest absolute Gasteiger partial charge is 0.126 e. The average molecular weight is 262 g/mol. The Morgan fingerprint density at radius 1 is 1.47 bits per heavy atom. The summed E-state index contributed by atoms with van der Waals surface area (Å²) in [5.74, 6) is 1.67. The molecule has 1 saturated heterocycles. The van der Waals surface area contributed by atoms with Crippen molar-refractivity contribution in [2.45, 2.75) is 27.2 Å². The third-order valence-electron chi connectivity index (χ3n) is 4.35. The predicted molar refractivity (Wildman–Crippen MR) is 81.3 cm³/mol. The van der Waals surface area contributed by atoms with Crippen LogP contribution < -0.4 is 11.1 Å². The zero-order valence-corrected chi connectivity index (χ0v) is 12.5. The van der Waals surface area contributed by atoms with E-state index in [1.165, 1.54) is 19.5 Å². The molecule has 1 fully saturated rings. The summed E-state index contributed by atoms with van der Waals surface area (Å²) in [5.41, 5.74) is 7.71. The number of likely N-dealkylation sites (tertiary alicyclic amines) is 1. The van der Waals surface area contributed by atoms with Crippen molar-refractivity contribution in [3.63, 3.8) is 0 Å². The summed E-state index contributed by atoms with van der Waals surface area (Å²) < 4.78 is 0. The van der Waals surface area contributed by atoms with Crippen molar-refractivity contribution in [2.75, 3.05) is 37.7 Å². The highest BCUT2D eigenvalue weighted by molar-refractivity contribution is 5.49. The molecular weight excluding hydrogens is 236 g/mol. The van der Waals surface area contributed by atoms with Gasteiger partial charge >= 0.3 is 0 Å². The van der Waals surface area contributed by atoms with Gasteiger partial charge in [-0.15, -0.1) is 0 Å². The van der Waals surface area contributed by atoms with Crippen LogP contribution in [0.25, 0.3) is 0 Å². The number of aromatic nitrogens is 1. The summed E-state index contributed by atoms with van der Waals surface area (Å²) in [6.07, 6.45) is 1.29. The van der Waals surface area contributed by atoms with Gasteiger partial charge in [0.15, 0.2) is 0 Å². The summed E-state index contributed by atoms with van der Waals surface area (Å²) in [4.78, 5) is 6.89. The fourth-order valence-electron chi connectivity index (χ4n) is 2.71. The maximum atomic E-state index is 5.79. The number of nitrogens with one attached hydrogen (secondary N) is 1. The molecule has 0 saturated carbocycles. The molecule has 1 unspecified atom stereocenters. The maximum Gasteiger partial charge on any atom is 0.126 e. The molecule has 106 valence electrons. The second-order valence-corrected chi connectivity index (χ2v) is 6.46. The third kappa shape index (κ3) is 3.38. The first-order valence-electron chi connectivity index (χ1n) is 7.04. The van der Waals surface area contributed by atoms with Crippen LogP contribution in [-0.2, 0) is 0 Å². The molecule has 0 spiro atoms. The Kier molecular flexibility index (Phi) is 3.99. The molecule has 0 radical (unpaired) electrons. The summed E-state index contributed by atoms with van der Waals surface area (Å²) in [6.45, 7) is 9.98. The van der Waals surface area contributed by atoms with E-state index in [9.17, 15) is 0 Å². The number of hydrogen-bond donors (Lipinski definition) is 2. The number of nitrogens with two attached hydrogens (primary N) is 1. The number of rotatable bonds is 4. The van der Waals surface area contributed by atoms with Crippen LogP contribution in [0.4, 0.5) is 11.5 Å². The molecule has 1 aliphatic heterocycles. The Bertz CT molecular complexity index is 442. The molecule has 0 aliphatic carbocycles. The van der Waals surface area contributed by atoms with Crippen LogP contribution in [0.1, 0.15) is 26.0 Å². The molecule has 1 aromatic heterocycles. The molecule has 1 aliphatic rings. The summed E-state index contributed by atoms with van der Waals surface area (Å²) >= 11 is 0. The van der Waals surface area contributed by atoms with Crippen LogP contribution in [0.5, 0.6) is 0 Å².